The summed E-state index contributed by atoms with van der Waals surface area (Å²) in [7, 11) is 2.08. The standard InChI is InChI=1S/C24H34N4O2/c1-4-26-13-7-10-20(26)16-27(24(30)23-12-8-14-28(23)18(2)29)17-21-15-19-9-5-6-11-22(19)25(21)3/h5-6,9,11,15,20,23H,4,7-8,10,12-14,16-17H2,1-3H3/p+1/t20-,23-/m0/s1. The van der Waals surface area contributed by atoms with E-state index in [1.165, 1.54) is 30.3 Å². The monoisotopic (exact) mass is 411 g/mol. The summed E-state index contributed by atoms with van der Waals surface area (Å²) in [5.41, 5.74) is 2.33. The first-order valence-corrected chi connectivity index (χ1v) is 11.4. The van der Waals surface area contributed by atoms with E-state index in [0.29, 0.717) is 19.1 Å². The normalized spacial score (nSPS) is 24.0. The highest BCUT2D eigenvalue weighted by atomic mass is 16.2. The van der Waals surface area contributed by atoms with Gasteiger partial charge in [-0.3, -0.25) is 9.59 Å². The highest BCUT2D eigenvalue weighted by Crippen LogP contribution is 2.23. The number of nitrogens with one attached hydrogen (secondary N) is 1. The van der Waals surface area contributed by atoms with Crippen LogP contribution in [-0.4, -0.2) is 64.4 Å². The van der Waals surface area contributed by atoms with Crippen LogP contribution in [0.5, 0.6) is 0 Å². The first-order valence-electron chi connectivity index (χ1n) is 11.4. The zero-order chi connectivity index (χ0) is 21.3. The van der Waals surface area contributed by atoms with Crippen molar-refractivity contribution in [1.29, 1.82) is 0 Å². The number of carbonyl (C=O) groups excluding carboxylic acids is 2. The number of benzene rings is 1. The molecule has 6 nitrogen and oxygen atoms in total. The molecule has 0 bridgehead atoms. The van der Waals surface area contributed by atoms with Crippen LogP contribution < -0.4 is 4.90 Å². The zero-order valence-electron chi connectivity index (χ0n) is 18.6. The molecule has 1 unspecified atom stereocenters. The molecule has 162 valence electrons. The Morgan fingerprint density at radius 1 is 1.20 bits per heavy atom. The molecule has 6 heteroatoms. The molecular weight excluding hydrogens is 376 g/mol. The molecule has 2 amide bonds. The van der Waals surface area contributed by atoms with E-state index in [-0.39, 0.29) is 17.9 Å². The van der Waals surface area contributed by atoms with E-state index in [4.69, 9.17) is 0 Å². The largest absolute Gasteiger partial charge is 0.346 e. The molecule has 3 heterocycles. The van der Waals surface area contributed by atoms with Crippen LogP contribution in [-0.2, 0) is 23.2 Å². The Kier molecular flexibility index (Phi) is 6.14. The third-order valence-corrected chi connectivity index (χ3v) is 7.18. The van der Waals surface area contributed by atoms with E-state index in [1.54, 1.807) is 16.7 Å². The lowest BCUT2D eigenvalue weighted by molar-refractivity contribution is -0.909. The second kappa shape index (κ2) is 8.80. The number of quaternary nitrogens is 1. The summed E-state index contributed by atoms with van der Waals surface area (Å²) < 4.78 is 2.20. The lowest BCUT2D eigenvalue weighted by Crippen LogP contribution is -3.14. The summed E-state index contributed by atoms with van der Waals surface area (Å²) in [5.74, 6) is 0.132. The molecule has 0 aliphatic carbocycles. The molecule has 0 spiro atoms. The highest BCUT2D eigenvalue weighted by Gasteiger charge is 2.38. The topological polar surface area (TPSA) is 50.0 Å². The summed E-state index contributed by atoms with van der Waals surface area (Å²) in [4.78, 5) is 31.2. The number of likely N-dealkylation sites (N-methyl/N-ethyl adjacent to an activating group) is 1. The van der Waals surface area contributed by atoms with E-state index in [9.17, 15) is 9.59 Å². The van der Waals surface area contributed by atoms with Gasteiger partial charge in [-0.15, -0.1) is 0 Å². The Bertz CT molecular complexity index is 921. The van der Waals surface area contributed by atoms with Gasteiger partial charge in [0.1, 0.15) is 12.1 Å². The van der Waals surface area contributed by atoms with E-state index in [1.807, 2.05) is 4.90 Å². The van der Waals surface area contributed by atoms with Crippen molar-refractivity contribution in [2.45, 2.75) is 58.2 Å². The molecule has 2 fully saturated rings. The van der Waals surface area contributed by atoms with Crippen LogP contribution in [0.4, 0.5) is 0 Å². The third-order valence-electron chi connectivity index (χ3n) is 7.18. The zero-order valence-corrected chi connectivity index (χ0v) is 18.6. The Morgan fingerprint density at radius 3 is 2.73 bits per heavy atom. The van der Waals surface area contributed by atoms with Crippen molar-refractivity contribution in [3.05, 3.63) is 36.0 Å². The van der Waals surface area contributed by atoms with Gasteiger partial charge in [0.25, 0.3) is 0 Å². The second-order valence-corrected chi connectivity index (χ2v) is 8.94. The maximum Gasteiger partial charge on any atom is 0.245 e. The quantitative estimate of drug-likeness (QED) is 0.785. The van der Waals surface area contributed by atoms with Crippen LogP contribution in [0.1, 0.15) is 45.2 Å². The Morgan fingerprint density at radius 2 is 2.00 bits per heavy atom. The van der Waals surface area contributed by atoms with Crippen LogP contribution >= 0.6 is 0 Å². The smallest absolute Gasteiger partial charge is 0.245 e. The van der Waals surface area contributed by atoms with E-state index in [2.05, 4.69) is 48.9 Å². The maximum absolute atomic E-state index is 13.7. The molecule has 1 aromatic heterocycles. The fraction of sp³-hybridized carbons (Fsp3) is 0.583. The van der Waals surface area contributed by atoms with E-state index in [0.717, 1.165) is 31.6 Å². The molecule has 2 saturated heterocycles. The van der Waals surface area contributed by atoms with E-state index < -0.39 is 0 Å². The van der Waals surface area contributed by atoms with Gasteiger partial charge in [0.15, 0.2) is 0 Å². The van der Waals surface area contributed by atoms with Crippen LogP contribution in [0.15, 0.2) is 30.3 Å². The van der Waals surface area contributed by atoms with Crippen LogP contribution in [0.25, 0.3) is 10.9 Å². The minimum atomic E-state index is -0.302. The molecule has 1 aromatic carbocycles. The molecule has 2 aromatic rings. The summed E-state index contributed by atoms with van der Waals surface area (Å²) in [6.45, 7) is 8.18. The number of amides is 2. The second-order valence-electron chi connectivity index (χ2n) is 8.94. The Hall–Kier alpha value is -2.34. The van der Waals surface area contributed by atoms with Gasteiger partial charge in [0.2, 0.25) is 11.8 Å². The minimum Gasteiger partial charge on any atom is -0.346 e. The number of hydrogen-bond acceptors (Lipinski definition) is 2. The van der Waals surface area contributed by atoms with Crippen molar-refractivity contribution < 1.29 is 14.5 Å². The van der Waals surface area contributed by atoms with Gasteiger partial charge in [-0.25, -0.2) is 0 Å². The Labute approximate surface area is 179 Å². The van der Waals surface area contributed by atoms with Gasteiger partial charge in [-0.2, -0.15) is 0 Å². The lowest BCUT2D eigenvalue weighted by Gasteiger charge is -2.32. The predicted octanol–water partition coefficient (Wildman–Crippen LogP) is 1.59. The minimum absolute atomic E-state index is 0.0112. The van der Waals surface area contributed by atoms with Gasteiger partial charge in [0.05, 0.1) is 26.2 Å². The predicted molar refractivity (Wildman–Crippen MR) is 118 cm³/mol. The first-order chi connectivity index (χ1) is 14.5. The molecule has 2 aliphatic rings. The number of carbonyl (C=O) groups is 2. The average molecular weight is 412 g/mol. The number of likely N-dealkylation sites (tertiary alicyclic amines) is 2. The fourth-order valence-corrected chi connectivity index (χ4v) is 5.47. The van der Waals surface area contributed by atoms with E-state index >= 15 is 0 Å². The van der Waals surface area contributed by atoms with Gasteiger partial charge in [-0.05, 0) is 37.3 Å². The van der Waals surface area contributed by atoms with Crippen LogP contribution in [0.2, 0.25) is 0 Å². The van der Waals surface area contributed by atoms with Crippen molar-refractivity contribution in [2.75, 3.05) is 26.2 Å². The van der Waals surface area contributed by atoms with Crippen molar-refractivity contribution in [2.24, 2.45) is 7.05 Å². The number of nitrogens with zero attached hydrogens (tertiary/aromatic N) is 3. The first kappa shape index (κ1) is 20.9. The summed E-state index contributed by atoms with van der Waals surface area (Å²) in [5, 5.41) is 1.20. The van der Waals surface area contributed by atoms with Crippen LogP contribution in [0.3, 0.4) is 0 Å². The number of fused-ring (bicyclic) bond motifs is 1. The van der Waals surface area contributed by atoms with Gasteiger partial charge in [0, 0.05) is 44.6 Å². The molecule has 30 heavy (non-hydrogen) atoms. The van der Waals surface area contributed by atoms with Gasteiger partial charge < -0.3 is 19.3 Å². The maximum atomic E-state index is 13.7. The van der Waals surface area contributed by atoms with Crippen molar-refractivity contribution in [3.63, 3.8) is 0 Å². The third kappa shape index (κ3) is 3.97. The molecule has 1 N–H and O–H groups in total. The summed E-state index contributed by atoms with van der Waals surface area (Å²) in [6.07, 6.45) is 4.09. The van der Waals surface area contributed by atoms with Gasteiger partial charge >= 0.3 is 0 Å². The molecule has 3 atom stereocenters. The van der Waals surface area contributed by atoms with Crippen molar-refractivity contribution >= 4 is 22.7 Å². The molecule has 2 aliphatic heterocycles. The molecular formula is C24H35N4O2+. The fourth-order valence-electron chi connectivity index (χ4n) is 5.47. The highest BCUT2D eigenvalue weighted by molar-refractivity contribution is 5.88. The molecule has 0 saturated carbocycles. The number of aromatic nitrogens is 1. The van der Waals surface area contributed by atoms with Crippen molar-refractivity contribution in [3.8, 4) is 0 Å². The summed E-state index contributed by atoms with van der Waals surface area (Å²) in [6, 6.07) is 10.7. The van der Waals surface area contributed by atoms with Gasteiger partial charge in [-0.1, -0.05) is 18.2 Å². The number of rotatable bonds is 6. The van der Waals surface area contributed by atoms with Crippen LogP contribution in [0, 0.1) is 0 Å². The lowest BCUT2D eigenvalue weighted by atomic mass is 10.1. The molecule has 4 rings (SSSR count). The number of hydrogen-bond donors (Lipinski definition) is 1. The average Bonchev–Trinajstić information content (AvgIpc) is 3.46. The number of para-hydroxylation sites is 1. The number of aryl methyl sites for hydroxylation is 1. The van der Waals surface area contributed by atoms with Crippen molar-refractivity contribution in [1.82, 2.24) is 14.4 Å². The SMILES string of the molecule is CC[NH+]1CCC[C@H]1CN(Cc1cc2ccccc2n1C)C(=O)[C@@H]1CCCN1C(C)=O. The molecule has 0 radical (unpaired) electrons. The Balaban J connectivity index is 1.61. The summed E-state index contributed by atoms with van der Waals surface area (Å²) >= 11 is 0.